The third kappa shape index (κ3) is 3.92. The van der Waals surface area contributed by atoms with E-state index in [0.29, 0.717) is 12.3 Å². The van der Waals surface area contributed by atoms with Crippen LogP contribution in [-0.4, -0.2) is 17.6 Å². The highest BCUT2D eigenvalue weighted by Crippen LogP contribution is 2.52. The summed E-state index contributed by atoms with van der Waals surface area (Å²) < 4.78 is 11.9. The lowest BCUT2D eigenvalue weighted by molar-refractivity contribution is -0.122. The molecule has 168 valence electrons. The quantitative estimate of drug-likeness (QED) is 0.537. The molecule has 0 spiro atoms. The van der Waals surface area contributed by atoms with Crippen LogP contribution < -0.4 is 9.64 Å². The van der Waals surface area contributed by atoms with E-state index in [1.54, 1.807) is 20.8 Å². The summed E-state index contributed by atoms with van der Waals surface area (Å²) in [5.41, 5.74) is 3.90. The molecule has 4 rings (SSSR count). The second-order valence-electron chi connectivity index (χ2n) is 9.78. The number of amides is 2. The van der Waals surface area contributed by atoms with Gasteiger partial charge in [-0.2, -0.15) is 0 Å². The minimum atomic E-state index is -0.697. The van der Waals surface area contributed by atoms with Gasteiger partial charge in [0.15, 0.2) is 0 Å². The molecule has 32 heavy (non-hydrogen) atoms. The van der Waals surface area contributed by atoms with Crippen LogP contribution in [0.1, 0.15) is 68.7 Å². The van der Waals surface area contributed by atoms with Crippen LogP contribution in [0.4, 0.5) is 10.5 Å². The molecule has 2 aromatic rings. The Morgan fingerprint density at radius 1 is 1.06 bits per heavy atom. The number of carbonyl (C=O) groups excluding carboxylic acids is 2. The predicted molar refractivity (Wildman–Crippen MR) is 125 cm³/mol. The van der Waals surface area contributed by atoms with Crippen LogP contribution in [0.2, 0.25) is 0 Å². The van der Waals surface area contributed by atoms with E-state index in [1.165, 1.54) is 4.90 Å². The van der Waals surface area contributed by atoms with Crippen molar-refractivity contribution in [1.29, 1.82) is 0 Å². The molecule has 5 heteroatoms. The molecule has 2 aromatic carbocycles. The normalized spacial score (nSPS) is 21.9. The zero-order valence-electron chi connectivity index (χ0n) is 19.6. The van der Waals surface area contributed by atoms with Crippen LogP contribution >= 0.6 is 0 Å². The number of aryl methyl sites for hydroxylation is 1. The number of hydrogen-bond donors (Lipinski definition) is 0. The van der Waals surface area contributed by atoms with Crippen molar-refractivity contribution in [3.63, 3.8) is 0 Å². The van der Waals surface area contributed by atoms with Gasteiger partial charge in [0, 0.05) is 23.3 Å². The van der Waals surface area contributed by atoms with Crippen molar-refractivity contribution in [1.82, 2.24) is 0 Å². The molecular formula is C27H31NO4. The first-order chi connectivity index (χ1) is 15.1. The van der Waals surface area contributed by atoms with Crippen molar-refractivity contribution in [2.75, 3.05) is 4.90 Å². The molecule has 0 bridgehead atoms. The predicted octanol–water partition coefficient (Wildman–Crippen LogP) is 6.25. The van der Waals surface area contributed by atoms with E-state index in [-0.39, 0.29) is 23.7 Å². The highest BCUT2D eigenvalue weighted by molar-refractivity contribution is 6.16. The second kappa shape index (κ2) is 8.12. The van der Waals surface area contributed by atoms with Gasteiger partial charge >= 0.3 is 6.09 Å². The number of hydrogen-bond acceptors (Lipinski definition) is 4. The fourth-order valence-electron chi connectivity index (χ4n) is 4.63. The highest BCUT2D eigenvalue weighted by Gasteiger charge is 2.45. The molecule has 1 aliphatic carbocycles. The van der Waals surface area contributed by atoms with Gasteiger partial charge in [0.05, 0.1) is 5.69 Å². The summed E-state index contributed by atoms with van der Waals surface area (Å²) in [5.74, 6) is 0.204. The van der Waals surface area contributed by atoms with Gasteiger partial charge in [-0.05, 0) is 50.5 Å². The standard InChI is InChI=1S/C27H31NO4/c1-16-12-13-20-18(3)25(29)28(26(30)32-27(4,5)6)24-17(2)14-21(22(16)23(20)24)31-15-19-10-8-7-9-11-19/h7-14,16,18,20H,15H2,1-6H3/t16-,18-,20-/m1/s1. The van der Waals surface area contributed by atoms with E-state index < -0.39 is 11.7 Å². The number of rotatable bonds is 3. The Morgan fingerprint density at radius 2 is 1.75 bits per heavy atom. The molecule has 0 N–H and O–H groups in total. The first-order valence-corrected chi connectivity index (χ1v) is 11.2. The monoisotopic (exact) mass is 433 g/mol. The van der Waals surface area contributed by atoms with E-state index in [4.69, 9.17) is 9.47 Å². The summed E-state index contributed by atoms with van der Waals surface area (Å²) in [6.45, 7) is 11.8. The topological polar surface area (TPSA) is 55.8 Å². The van der Waals surface area contributed by atoms with Crippen LogP contribution in [0.3, 0.4) is 0 Å². The van der Waals surface area contributed by atoms with Gasteiger partial charge in [-0.1, -0.05) is 56.3 Å². The van der Waals surface area contributed by atoms with Crippen molar-refractivity contribution in [3.8, 4) is 5.75 Å². The molecule has 1 aliphatic heterocycles. The van der Waals surface area contributed by atoms with Gasteiger partial charge in [-0.15, -0.1) is 0 Å². The summed E-state index contributed by atoms with van der Waals surface area (Å²) in [6.07, 6.45) is 3.61. The Bertz CT molecular complexity index is 1080. The Kier molecular flexibility index (Phi) is 5.61. The van der Waals surface area contributed by atoms with Crippen LogP contribution in [0.15, 0.2) is 48.6 Å². The fraction of sp³-hybridized carbons (Fsp3) is 0.407. The molecule has 0 unspecified atom stereocenters. The zero-order chi connectivity index (χ0) is 23.2. The van der Waals surface area contributed by atoms with Gasteiger partial charge in [-0.25, -0.2) is 9.69 Å². The number of benzene rings is 2. The van der Waals surface area contributed by atoms with Crippen molar-refractivity contribution < 1.29 is 19.1 Å². The van der Waals surface area contributed by atoms with Crippen molar-refractivity contribution in [2.45, 2.75) is 65.6 Å². The molecule has 1 heterocycles. The van der Waals surface area contributed by atoms with E-state index in [2.05, 4.69) is 19.1 Å². The Morgan fingerprint density at radius 3 is 2.41 bits per heavy atom. The third-order valence-electron chi connectivity index (χ3n) is 6.11. The third-order valence-corrected chi connectivity index (χ3v) is 6.11. The minimum Gasteiger partial charge on any atom is -0.489 e. The summed E-state index contributed by atoms with van der Waals surface area (Å²) in [5, 5.41) is 0. The minimum absolute atomic E-state index is 0.0960. The van der Waals surface area contributed by atoms with Gasteiger partial charge in [-0.3, -0.25) is 4.79 Å². The highest BCUT2D eigenvalue weighted by atomic mass is 16.6. The van der Waals surface area contributed by atoms with Crippen LogP contribution in [-0.2, 0) is 16.1 Å². The molecule has 0 fully saturated rings. The maximum absolute atomic E-state index is 13.3. The lowest BCUT2D eigenvalue weighted by atomic mass is 9.72. The van der Waals surface area contributed by atoms with Crippen molar-refractivity contribution >= 4 is 17.7 Å². The SMILES string of the molecule is Cc1cc(OCc2ccccc2)c2c3c1N(C(=O)OC(C)(C)C)C(=O)[C@H](C)[C@H]3C=C[C@H]2C. The Labute approximate surface area is 190 Å². The van der Waals surface area contributed by atoms with Crippen LogP contribution in [0.25, 0.3) is 0 Å². The van der Waals surface area contributed by atoms with Crippen LogP contribution in [0, 0.1) is 12.8 Å². The summed E-state index contributed by atoms with van der Waals surface area (Å²) in [7, 11) is 0. The van der Waals surface area contributed by atoms with E-state index in [9.17, 15) is 9.59 Å². The van der Waals surface area contributed by atoms with E-state index in [1.807, 2.05) is 50.2 Å². The second-order valence-corrected chi connectivity index (χ2v) is 9.78. The largest absolute Gasteiger partial charge is 0.489 e. The van der Waals surface area contributed by atoms with E-state index in [0.717, 1.165) is 28.0 Å². The average Bonchev–Trinajstić information content (AvgIpc) is 2.72. The fourth-order valence-corrected chi connectivity index (χ4v) is 4.63. The molecule has 0 saturated carbocycles. The van der Waals surface area contributed by atoms with Crippen LogP contribution in [0.5, 0.6) is 5.75 Å². The van der Waals surface area contributed by atoms with Gasteiger partial charge in [0.25, 0.3) is 0 Å². The van der Waals surface area contributed by atoms with Gasteiger partial charge in [0.1, 0.15) is 18.0 Å². The first-order valence-electron chi connectivity index (χ1n) is 11.2. The average molecular weight is 434 g/mol. The van der Waals surface area contributed by atoms with Crippen molar-refractivity contribution in [3.05, 3.63) is 70.8 Å². The molecule has 3 atom stereocenters. The summed E-state index contributed by atoms with van der Waals surface area (Å²) >= 11 is 0. The molecule has 0 saturated heterocycles. The molecule has 0 aromatic heterocycles. The summed E-state index contributed by atoms with van der Waals surface area (Å²) in [4.78, 5) is 27.7. The first kappa shape index (κ1) is 22.1. The number of allylic oxidation sites excluding steroid dienone is 2. The number of nitrogens with zero attached hydrogens (tertiary/aromatic N) is 1. The molecule has 2 amide bonds. The lowest BCUT2D eigenvalue weighted by Crippen LogP contribution is -2.48. The molecular weight excluding hydrogens is 402 g/mol. The number of imide groups is 1. The molecule has 5 nitrogen and oxygen atoms in total. The van der Waals surface area contributed by atoms with E-state index >= 15 is 0 Å². The molecule has 0 radical (unpaired) electrons. The Balaban J connectivity index is 1.83. The molecule has 2 aliphatic rings. The van der Waals surface area contributed by atoms with Gasteiger partial charge < -0.3 is 9.47 Å². The Hall–Kier alpha value is -3.08. The van der Waals surface area contributed by atoms with Gasteiger partial charge in [0.2, 0.25) is 5.91 Å². The number of carbonyl (C=O) groups is 2. The number of ether oxygens (including phenoxy) is 2. The summed E-state index contributed by atoms with van der Waals surface area (Å²) in [6, 6.07) is 12.0. The zero-order valence-corrected chi connectivity index (χ0v) is 19.6. The number of anilines is 1. The maximum Gasteiger partial charge on any atom is 0.421 e. The van der Waals surface area contributed by atoms with Crippen molar-refractivity contribution in [2.24, 2.45) is 5.92 Å². The lowest BCUT2D eigenvalue weighted by Gasteiger charge is -2.41. The smallest absolute Gasteiger partial charge is 0.421 e. The maximum atomic E-state index is 13.3.